The van der Waals surface area contributed by atoms with E-state index in [9.17, 15) is 9.59 Å². The summed E-state index contributed by atoms with van der Waals surface area (Å²) in [5, 5.41) is 4.35. The number of nitrogens with one attached hydrogen (secondary N) is 1. The molecule has 150 valence electrons. The topological polar surface area (TPSA) is 64.0 Å². The molecule has 1 aromatic heterocycles. The molecule has 7 heteroatoms. The van der Waals surface area contributed by atoms with Crippen LogP contribution in [-0.4, -0.2) is 21.2 Å². The van der Waals surface area contributed by atoms with Crippen molar-refractivity contribution in [3.63, 3.8) is 0 Å². The van der Waals surface area contributed by atoms with E-state index < -0.39 is 0 Å². The van der Waals surface area contributed by atoms with Crippen LogP contribution < -0.4 is 10.9 Å². The summed E-state index contributed by atoms with van der Waals surface area (Å²) < 4.78 is 1.53. The number of nitrogens with zero attached hydrogens (tertiary/aromatic N) is 2. The molecule has 0 aliphatic carbocycles. The Kier molecular flexibility index (Phi) is 5.88. The lowest BCUT2D eigenvalue weighted by molar-refractivity contribution is -0.113. The molecule has 0 aliphatic heterocycles. The van der Waals surface area contributed by atoms with Crippen molar-refractivity contribution in [1.29, 1.82) is 0 Å². The van der Waals surface area contributed by atoms with Gasteiger partial charge in [0, 0.05) is 10.7 Å². The molecule has 0 aliphatic rings. The molecule has 0 fully saturated rings. The van der Waals surface area contributed by atoms with E-state index in [4.69, 9.17) is 11.6 Å². The van der Waals surface area contributed by atoms with E-state index in [2.05, 4.69) is 10.3 Å². The lowest BCUT2D eigenvalue weighted by Crippen LogP contribution is -2.23. The van der Waals surface area contributed by atoms with Crippen LogP contribution in [0.15, 0.2) is 82.7 Å². The molecule has 1 N–H and O–H groups in total. The number of para-hydroxylation sites is 2. The maximum absolute atomic E-state index is 13.3. The van der Waals surface area contributed by atoms with Gasteiger partial charge in [0.05, 0.1) is 22.3 Å². The summed E-state index contributed by atoms with van der Waals surface area (Å²) in [6.07, 6.45) is 0. The number of carbonyl (C=O) groups excluding carboxylic acids is 1. The Balaban J connectivity index is 1.74. The molecule has 0 radical (unpaired) electrons. The van der Waals surface area contributed by atoms with Crippen molar-refractivity contribution in [1.82, 2.24) is 9.55 Å². The SMILES string of the molecule is Cc1c(Cl)cccc1-n1c(SCC(=O)Nc2ccccc2)nc2ccccc2c1=O. The molecule has 1 amide bonds. The Morgan fingerprint density at radius 1 is 1.03 bits per heavy atom. The number of anilines is 1. The Bertz CT molecular complexity index is 1290. The monoisotopic (exact) mass is 435 g/mol. The molecule has 0 bridgehead atoms. The molecule has 0 unspecified atom stereocenters. The molecule has 0 saturated heterocycles. The minimum Gasteiger partial charge on any atom is -0.325 e. The van der Waals surface area contributed by atoms with Gasteiger partial charge in [0.2, 0.25) is 5.91 Å². The number of amides is 1. The standard InChI is InChI=1S/C23H18ClN3O2S/c1-15-18(24)11-7-13-20(15)27-22(29)17-10-5-6-12-19(17)26-23(27)30-14-21(28)25-16-8-3-2-4-9-16/h2-13H,14H2,1H3,(H,25,28). The largest absolute Gasteiger partial charge is 0.325 e. The van der Waals surface area contributed by atoms with Crippen LogP contribution in [0.4, 0.5) is 5.69 Å². The molecule has 0 spiro atoms. The highest BCUT2D eigenvalue weighted by Crippen LogP contribution is 2.26. The van der Waals surface area contributed by atoms with Crippen molar-refractivity contribution >= 4 is 45.9 Å². The third-order valence-electron chi connectivity index (χ3n) is 4.61. The lowest BCUT2D eigenvalue weighted by atomic mass is 10.2. The summed E-state index contributed by atoms with van der Waals surface area (Å²) in [6, 6.07) is 21.8. The normalized spacial score (nSPS) is 10.9. The van der Waals surface area contributed by atoms with Crippen LogP contribution in [0.5, 0.6) is 0 Å². The van der Waals surface area contributed by atoms with Crippen molar-refractivity contribution < 1.29 is 4.79 Å². The van der Waals surface area contributed by atoms with E-state index in [0.717, 1.165) is 11.3 Å². The van der Waals surface area contributed by atoms with Crippen molar-refractivity contribution in [2.45, 2.75) is 12.1 Å². The number of halogens is 1. The molecule has 0 saturated carbocycles. The first-order valence-electron chi connectivity index (χ1n) is 9.29. The highest BCUT2D eigenvalue weighted by molar-refractivity contribution is 7.99. The van der Waals surface area contributed by atoms with E-state index in [1.54, 1.807) is 30.3 Å². The highest BCUT2D eigenvalue weighted by atomic mass is 35.5. The van der Waals surface area contributed by atoms with Gasteiger partial charge < -0.3 is 5.32 Å². The van der Waals surface area contributed by atoms with Crippen LogP contribution in [0, 0.1) is 6.92 Å². The zero-order valence-corrected chi connectivity index (χ0v) is 17.7. The van der Waals surface area contributed by atoms with Gasteiger partial charge in [-0.3, -0.25) is 14.2 Å². The first-order valence-corrected chi connectivity index (χ1v) is 10.7. The number of carbonyl (C=O) groups is 1. The van der Waals surface area contributed by atoms with Gasteiger partial charge in [-0.2, -0.15) is 0 Å². The van der Waals surface area contributed by atoms with Gasteiger partial charge in [0.25, 0.3) is 5.56 Å². The van der Waals surface area contributed by atoms with Gasteiger partial charge in [-0.1, -0.05) is 59.8 Å². The average Bonchev–Trinajstić information content (AvgIpc) is 2.75. The number of hydrogen-bond donors (Lipinski definition) is 1. The minimum absolute atomic E-state index is 0.110. The summed E-state index contributed by atoms with van der Waals surface area (Å²) in [4.78, 5) is 30.4. The summed E-state index contributed by atoms with van der Waals surface area (Å²) >= 11 is 7.51. The zero-order valence-electron chi connectivity index (χ0n) is 16.1. The summed E-state index contributed by atoms with van der Waals surface area (Å²) in [5.41, 5.74) is 2.53. The van der Waals surface area contributed by atoms with Gasteiger partial charge in [-0.05, 0) is 48.9 Å². The number of thioether (sulfide) groups is 1. The van der Waals surface area contributed by atoms with Gasteiger partial charge in [-0.15, -0.1) is 0 Å². The first-order chi connectivity index (χ1) is 14.5. The second kappa shape index (κ2) is 8.73. The third-order valence-corrected chi connectivity index (χ3v) is 5.96. The fourth-order valence-corrected chi connectivity index (χ4v) is 4.08. The molecular formula is C23H18ClN3O2S. The van der Waals surface area contributed by atoms with Gasteiger partial charge in [-0.25, -0.2) is 4.98 Å². The van der Waals surface area contributed by atoms with E-state index in [1.165, 1.54) is 16.3 Å². The molecule has 3 aromatic carbocycles. The number of hydrogen-bond acceptors (Lipinski definition) is 4. The second-order valence-corrected chi connectivity index (χ2v) is 7.99. The first kappa shape index (κ1) is 20.2. The minimum atomic E-state index is -0.197. The van der Waals surface area contributed by atoms with Crippen LogP contribution in [0.3, 0.4) is 0 Å². The maximum Gasteiger partial charge on any atom is 0.266 e. The van der Waals surface area contributed by atoms with Crippen LogP contribution in [0.1, 0.15) is 5.56 Å². The van der Waals surface area contributed by atoms with Gasteiger partial charge in [0.15, 0.2) is 5.16 Å². The van der Waals surface area contributed by atoms with Crippen molar-refractivity contribution in [3.8, 4) is 5.69 Å². The fourth-order valence-electron chi connectivity index (χ4n) is 3.11. The molecule has 4 rings (SSSR count). The Morgan fingerprint density at radius 3 is 2.57 bits per heavy atom. The van der Waals surface area contributed by atoms with Gasteiger partial charge in [0.1, 0.15) is 0 Å². The maximum atomic E-state index is 13.3. The predicted molar refractivity (Wildman–Crippen MR) is 123 cm³/mol. The Labute approximate surface area is 182 Å². The summed E-state index contributed by atoms with van der Waals surface area (Å²) in [5.74, 6) is -0.0674. The highest BCUT2D eigenvalue weighted by Gasteiger charge is 2.17. The Morgan fingerprint density at radius 2 is 1.77 bits per heavy atom. The number of benzene rings is 3. The second-order valence-electron chi connectivity index (χ2n) is 6.64. The van der Waals surface area contributed by atoms with Crippen molar-refractivity contribution in [2.75, 3.05) is 11.1 Å². The van der Waals surface area contributed by atoms with Crippen molar-refractivity contribution in [3.05, 3.63) is 93.7 Å². The predicted octanol–water partition coefficient (Wildman–Crippen LogP) is 5.08. The van der Waals surface area contributed by atoms with Gasteiger partial charge >= 0.3 is 0 Å². The molecule has 30 heavy (non-hydrogen) atoms. The number of aromatic nitrogens is 2. The third kappa shape index (κ3) is 4.10. The van der Waals surface area contributed by atoms with Crippen LogP contribution in [0.25, 0.3) is 16.6 Å². The molecule has 1 heterocycles. The van der Waals surface area contributed by atoms with E-state index in [0.29, 0.717) is 26.8 Å². The van der Waals surface area contributed by atoms with Crippen molar-refractivity contribution in [2.24, 2.45) is 0 Å². The molecule has 0 atom stereocenters. The van der Waals surface area contributed by atoms with E-state index >= 15 is 0 Å². The Hall–Kier alpha value is -3.09. The summed E-state index contributed by atoms with van der Waals surface area (Å²) in [6.45, 7) is 1.86. The average molecular weight is 436 g/mol. The quantitative estimate of drug-likeness (QED) is 0.351. The number of rotatable bonds is 5. The molecular weight excluding hydrogens is 418 g/mol. The number of fused-ring (bicyclic) bond motifs is 1. The zero-order chi connectivity index (χ0) is 21.1. The lowest BCUT2D eigenvalue weighted by Gasteiger charge is -2.15. The van der Waals surface area contributed by atoms with Crippen LogP contribution in [0.2, 0.25) is 5.02 Å². The van der Waals surface area contributed by atoms with E-state index in [-0.39, 0.29) is 17.2 Å². The fraction of sp³-hybridized carbons (Fsp3) is 0.0870. The van der Waals surface area contributed by atoms with Crippen LogP contribution >= 0.6 is 23.4 Å². The van der Waals surface area contributed by atoms with E-state index in [1.807, 2.05) is 49.4 Å². The molecule has 5 nitrogen and oxygen atoms in total. The molecule has 4 aromatic rings. The smallest absolute Gasteiger partial charge is 0.266 e. The van der Waals surface area contributed by atoms with Crippen LogP contribution in [-0.2, 0) is 4.79 Å². The summed E-state index contributed by atoms with van der Waals surface area (Å²) in [7, 11) is 0.